The van der Waals surface area contributed by atoms with Crippen LogP contribution in [0.2, 0.25) is 0 Å². The van der Waals surface area contributed by atoms with Gasteiger partial charge in [0.25, 0.3) is 0 Å². The molecule has 84 valence electrons. The van der Waals surface area contributed by atoms with Crippen LogP contribution < -0.4 is 0 Å². The molecule has 2 aromatic rings. The SMILES string of the molecule is CCCc1cc(-n2cc[nH]c2=S)ccc1F. The summed E-state index contributed by atoms with van der Waals surface area (Å²) in [6.07, 6.45) is 5.28. The lowest BCUT2D eigenvalue weighted by molar-refractivity contribution is 0.607. The van der Waals surface area contributed by atoms with Crippen LogP contribution in [0.25, 0.3) is 5.69 Å². The molecule has 16 heavy (non-hydrogen) atoms. The first kappa shape index (κ1) is 11.1. The smallest absolute Gasteiger partial charge is 0.181 e. The molecule has 0 amide bonds. The minimum absolute atomic E-state index is 0.146. The van der Waals surface area contributed by atoms with Crippen LogP contribution in [0.15, 0.2) is 30.6 Å². The molecule has 1 aromatic carbocycles. The van der Waals surface area contributed by atoms with Crippen LogP contribution in [-0.4, -0.2) is 9.55 Å². The monoisotopic (exact) mass is 236 g/mol. The summed E-state index contributed by atoms with van der Waals surface area (Å²) in [5, 5.41) is 0. The lowest BCUT2D eigenvalue weighted by Crippen LogP contribution is -1.96. The van der Waals surface area contributed by atoms with Gasteiger partial charge in [-0.15, -0.1) is 0 Å². The van der Waals surface area contributed by atoms with Gasteiger partial charge in [0.2, 0.25) is 0 Å². The highest BCUT2D eigenvalue weighted by Crippen LogP contribution is 2.16. The molecule has 0 saturated heterocycles. The zero-order valence-corrected chi connectivity index (χ0v) is 9.85. The number of aromatic amines is 1. The average molecular weight is 236 g/mol. The van der Waals surface area contributed by atoms with Crippen molar-refractivity contribution in [2.24, 2.45) is 0 Å². The van der Waals surface area contributed by atoms with Crippen LogP contribution in [0.1, 0.15) is 18.9 Å². The fourth-order valence-corrected chi connectivity index (χ4v) is 1.93. The Kier molecular flexibility index (Phi) is 3.19. The van der Waals surface area contributed by atoms with Crippen molar-refractivity contribution < 1.29 is 4.39 Å². The minimum atomic E-state index is -0.146. The van der Waals surface area contributed by atoms with Gasteiger partial charge in [-0.25, -0.2) is 4.39 Å². The van der Waals surface area contributed by atoms with Crippen molar-refractivity contribution in [3.63, 3.8) is 0 Å². The Hall–Kier alpha value is -1.42. The van der Waals surface area contributed by atoms with E-state index in [-0.39, 0.29) is 5.82 Å². The van der Waals surface area contributed by atoms with Crippen molar-refractivity contribution in [2.75, 3.05) is 0 Å². The molecule has 0 fully saturated rings. The van der Waals surface area contributed by atoms with Gasteiger partial charge in [0.05, 0.1) is 0 Å². The maximum absolute atomic E-state index is 13.5. The Bertz CT molecular complexity index is 542. The van der Waals surface area contributed by atoms with Crippen molar-refractivity contribution in [1.29, 1.82) is 0 Å². The molecule has 2 nitrogen and oxygen atoms in total. The number of hydrogen-bond donors (Lipinski definition) is 1. The molecular weight excluding hydrogens is 223 g/mol. The van der Waals surface area contributed by atoms with E-state index in [1.165, 1.54) is 6.07 Å². The lowest BCUT2D eigenvalue weighted by Gasteiger charge is -2.06. The van der Waals surface area contributed by atoms with Gasteiger partial charge in [0, 0.05) is 18.1 Å². The summed E-state index contributed by atoms with van der Waals surface area (Å²) in [6.45, 7) is 2.04. The van der Waals surface area contributed by atoms with E-state index in [9.17, 15) is 4.39 Å². The van der Waals surface area contributed by atoms with E-state index in [2.05, 4.69) is 4.98 Å². The average Bonchev–Trinajstić information content (AvgIpc) is 2.68. The summed E-state index contributed by atoms with van der Waals surface area (Å²) in [4.78, 5) is 2.92. The Labute approximate surface area is 98.7 Å². The molecule has 1 N–H and O–H groups in total. The van der Waals surface area contributed by atoms with E-state index in [4.69, 9.17) is 12.2 Å². The largest absolute Gasteiger partial charge is 0.337 e. The predicted molar refractivity (Wildman–Crippen MR) is 64.9 cm³/mol. The maximum Gasteiger partial charge on any atom is 0.181 e. The van der Waals surface area contributed by atoms with Gasteiger partial charge in [-0.05, 0) is 42.4 Å². The number of hydrogen-bond acceptors (Lipinski definition) is 1. The van der Waals surface area contributed by atoms with Gasteiger partial charge in [-0.3, -0.25) is 4.57 Å². The first-order valence-corrected chi connectivity index (χ1v) is 5.68. The number of aromatic nitrogens is 2. The second-order valence-electron chi connectivity index (χ2n) is 3.66. The van der Waals surface area contributed by atoms with Gasteiger partial charge in [-0.2, -0.15) is 0 Å². The quantitative estimate of drug-likeness (QED) is 0.807. The molecule has 0 spiro atoms. The Morgan fingerprint density at radius 2 is 2.25 bits per heavy atom. The summed E-state index contributed by atoms with van der Waals surface area (Å²) in [5.41, 5.74) is 1.64. The van der Waals surface area contributed by atoms with Crippen molar-refractivity contribution in [1.82, 2.24) is 9.55 Å². The molecule has 0 saturated carbocycles. The van der Waals surface area contributed by atoms with Crippen LogP contribution in [-0.2, 0) is 6.42 Å². The first-order valence-electron chi connectivity index (χ1n) is 5.27. The molecule has 4 heteroatoms. The Morgan fingerprint density at radius 3 is 2.88 bits per heavy atom. The summed E-state index contributed by atoms with van der Waals surface area (Å²) >= 11 is 5.12. The zero-order valence-electron chi connectivity index (χ0n) is 9.03. The summed E-state index contributed by atoms with van der Waals surface area (Å²) < 4.78 is 15.9. The number of aryl methyl sites for hydroxylation is 1. The summed E-state index contributed by atoms with van der Waals surface area (Å²) in [6, 6.07) is 5.08. The van der Waals surface area contributed by atoms with E-state index >= 15 is 0 Å². The van der Waals surface area contributed by atoms with Crippen molar-refractivity contribution in [3.05, 3.63) is 46.7 Å². The molecule has 1 heterocycles. The van der Waals surface area contributed by atoms with Crippen molar-refractivity contribution in [3.8, 4) is 5.69 Å². The second kappa shape index (κ2) is 4.61. The number of imidazole rings is 1. The molecule has 0 aliphatic rings. The minimum Gasteiger partial charge on any atom is -0.337 e. The van der Waals surface area contributed by atoms with Crippen molar-refractivity contribution >= 4 is 12.2 Å². The normalized spacial score (nSPS) is 10.6. The van der Waals surface area contributed by atoms with Gasteiger partial charge < -0.3 is 4.98 Å². The van der Waals surface area contributed by atoms with Crippen LogP contribution >= 0.6 is 12.2 Å². The highest BCUT2D eigenvalue weighted by molar-refractivity contribution is 7.71. The van der Waals surface area contributed by atoms with E-state index in [1.54, 1.807) is 12.3 Å². The van der Waals surface area contributed by atoms with Crippen molar-refractivity contribution in [2.45, 2.75) is 19.8 Å². The molecule has 1 aromatic heterocycles. The third-order valence-electron chi connectivity index (χ3n) is 2.48. The standard InChI is InChI=1S/C12H13FN2S/c1-2-3-9-8-10(4-5-11(9)13)15-7-6-14-12(15)16/h4-8H,2-3H2,1H3,(H,14,16). The highest BCUT2D eigenvalue weighted by atomic mass is 32.1. The number of nitrogens with one attached hydrogen (secondary N) is 1. The number of H-pyrrole nitrogens is 1. The third-order valence-corrected chi connectivity index (χ3v) is 2.79. The van der Waals surface area contributed by atoms with Gasteiger partial charge in [-0.1, -0.05) is 13.3 Å². The van der Waals surface area contributed by atoms with Crippen LogP contribution in [0.4, 0.5) is 4.39 Å². The van der Waals surface area contributed by atoms with Crippen LogP contribution in [0.3, 0.4) is 0 Å². The molecular formula is C12H13FN2S. The Balaban J connectivity index is 2.47. The zero-order chi connectivity index (χ0) is 11.5. The fraction of sp³-hybridized carbons (Fsp3) is 0.250. The molecule has 0 radical (unpaired) electrons. The second-order valence-corrected chi connectivity index (χ2v) is 4.05. The number of halogens is 1. The third kappa shape index (κ3) is 2.07. The van der Waals surface area contributed by atoms with E-state index in [0.29, 0.717) is 4.77 Å². The lowest BCUT2D eigenvalue weighted by atomic mass is 10.1. The summed E-state index contributed by atoms with van der Waals surface area (Å²) in [7, 11) is 0. The summed E-state index contributed by atoms with van der Waals surface area (Å²) in [5.74, 6) is -0.146. The molecule has 0 atom stereocenters. The van der Waals surface area contributed by atoms with Crippen LogP contribution in [0.5, 0.6) is 0 Å². The maximum atomic E-state index is 13.5. The molecule has 0 aliphatic heterocycles. The number of nitrogens with zero attached hydrogens (tertiary/aromatic N) is 1. The van der Waals surface area contributed by atoms with Gasteiger partial charge in [0.15, 0.2) is 4.77 Å². The van der Waals surface area contributed by atoms with E-state index < -0.39 is 0 Å². The highest BCUT2D eigenvalue weighted by Gasteiger charge is 2.04. The molecule has 0 aliphatic carbocycles. The first-order chi connectivity index (χ1) is 7.72. The van der Waals surface area contributed by atoms with E-state index in [1.807, 2.05) is 23.8 Å². The van der Waals surface area contributed by atoms with Gasteiger partial charge >= 0.3 is 0 Å². The number of rotatable bonds is 3. The molecule has 0 bridgehead atoms. The number of benzene rings is 1. The Morgan fingerprint density at radius 1 is 1.44 bits per heavy atom. The molecule has 2 rings (SSSR count). The van der Waals surface area contributed by atoms with Crippen LogP contribution in [0, 0.1) is 10.6 Å². The topological polar surface area (TPSA) is 20.7 Å². The fourth-order valence-electron chi connectivity index (χ4n) is 1.70. The van der Waals surface area contributed by atoms with Gasteiger partial charge in [0.1, 0.15) is 5.82 Å². The molecule has 0 unspecified atom stereocenters. The predicted octanol–water partition coefficient (Wildman–Crippen LogP) is 3.63. The van der Waals surface area contributed by atoms with E-state index in [0.717, 1.165) is 24.1 Å².